The monoisotopic (exact) mass is 332 g/mol. The van der Waals surface area contributed by atoms with Crippen LogP contribution in [0.1, 0.15) is 24.5 Å². The predicted molar refractivity (Wildman–Crippen MR) is 89.3 cm³/mol. The van der Waals surface area contributed by atoms with Crippen molar-refractivity contribution in [3.63, 3.8) is 0 Å². The summed E-state index contributed by atoms with van der Waals surface area (Å²) in [6.45, 7) is 7.41. The summed E-state index contributed by atoms with van der Waals surface area (Å²) in [5.74, 6) is 1.72. The molecule has 0 bridgehead atoms. The fraction of sp³-hybridized carbons (Fsp3) is 0.556. The molecule has 0 aromatic heterocycles. The molecule has 3 rings (SSSR count). The van der Waals surface area contributed by atoms with E-state index in [2.05, 4.69) is 0 Å². The summed E-state index contributed by atoms with van der Waals surface area (Å²) in [4.78, 5) is 28.0. The molecule has 0 N–H and O–H groups in total. The smallest absolute Gasteiger partial charge is 0.227 e. The lowest BCUT2D eigenvalue weighted by Crippen LogP contribution is -2.50. The molecule has 2 aliphatic heterocycles. The van der Waals surface area contributed by atoms with Gasteiger partial charge in [0.1, 0.15) is 13.2 Å². The molecule has 6 nitrogen and oxygen atoms in total. The summed E-state index contributed by atoms with van der Waals surface area (Å²) in [7, 11) is 0. The van der Waals surface area contributed by atoms with Crippen LogP contribution in [0.3, 0.4) is 0 Å². The number of piperazine rings is 1. The Balaban J connectivity index is 1.62. The van der Waals surface area contributed by atoms with Gasteiger partial charge in [-0.1, -0.05) is 6.92 Å². The zero-order valence-electron chi connectivity index (χ0n) is 14.3. The maximum Gasteiger partial charge on any atom is 0.227 e. The molecule has 0 unspecified atom stereocenters. The molecule has 2 heterocycles. The van der Waals surface area contributed by atoms with E-state index in [9.17, 15) is 9.59 Å². The fourth-order valence-corrected chi connectivity index (χ4v) is 3.13. The van der Waals surface area contributed by atoms with Crippen LogP contribution >= 0.6 is 0 Å². The lowest BCUT2D eigenvalue weighted by molar-refractivity contribution is -0.139. The van der Waals surface area contributed by atoms with Crippen molar-refractivity contribution < 1.29 is 19.1 Å². The van der Waals surface area contributed by atoms with E-state index >= 15 is 0 Å². The molecule has 6 heteroatoms. The third-order valence-corrected chi connectivity index (χ3v) is 4.63. The first kappa shape index (κ1) is 16.6. The van der Waals surface area contributed by atoms with Gasteiger partial charge in [0.25, 0.3) is 0 Å². The molecular formula is C18H24N2O4. The Morgan fingerprint density at radius 1 is 0.958 bits per heavy atom. The van der Waals surface area contributed by atoms with E-state index in [0.717, 1.165) is 16.9 Å². The highest BCUT2D eigenvalue weighted by molar-refractivity contribution is 5.80. The van der Waals surface area contributed by atoms with Crippen molar-refractivity contribution in [2.45, 2.75) is 26.7 Å². The highest BCUT2D eigenvalue weighted by Crippen LogP contribution is 2.33. The first-order valence-electron chi connectivity index (χ1n) is 8.53. The zero-order chi connectivity index (χ0) is 17.1. The highest BCUT2D eigenvalue weighted by atomic mass is 16.6. The number of rotatable bonds is 3. The van der Waals surface area contributed by atoms with Crippen molar-refractivity contribution in [3.8, 4) is 11.5 Å². The maximum atomic E-state index is 12.6. The Morgan fingerprint density at radius 2 is 1.50 bits per heavy atom. The van der Waals surface area contributed by atoms with Crippen LogP contribution in [0.4, 0.5) is 0 Å². The van der Waals surface area contributed by atoms with Crippen molar-refractivity contribution in [3.05, 3.63) is 23.3 Å². The minimum Gasteiger partial charge on any atom is -0.486 e. The molecule has 1 aromatic rings. The predicted octanol–water partition coefficient (Wildman–Crippen LogP) is 1.39. The van der Waals surface area contributed by atoms with E-state index in [1.165, 1.54) is 0 Å². The lowest BCUT2D eigenvalue weighted by Gasteiger charge is -2.35. The number of benzene rings is 1. The molecule has 0 radical (unpaired) electrons. The number of nitrogens with zero attached hydrogens (tertiary/aromatic N) is 2. The van der Waals surface area contributed by atoms with E-state index < -0.39 is 0 Å². The van der Waals surface area contributed by atoms with Gasteiger partial charge in [0.2, 0.25) is 11.8 Å². The third kappa shape index (κ3) is 3.47. The fourth-order valence-electron chi connectivity index (χ4n) is 3.13. The lowest BCUT2D eigenvalue weighted by atomic mass is 10.0. The molecule has 0 aliphatic carbocycles. The van der Waals surface area contributed by atoms with E-state index in [0.29, 0.717) is 58.0 Å². The van der Waals surface area contributed by atoms with Crippen molar-refractivity contribution in [2.75, 3.05) is 39.4 Å². The van der Waals surface area contributed by atoms with Crippen LogP contribution in [0, 0.1) is 6.92 Å². The molecule has 130 valence electrons. The average molecular weight is 332 g/mol. The highest BCUT2D eigenvalue weighted by Gasteiger charge is 2.24. The molecule has 0 saturated carbocycles. The molecule has 0 atom stereocenters. The molecule has 2 amide bonds. The molecule has 1 aromatic carbocycles. The summed E-state index contributed by atoms with van der Waals surface area (Å²) in [5.41, 5.74) is 2.00. The summed E-state index contributed by atoms with van der Waals surface area (Å²) in [6.07, 6.45) is 0.870. The first-order chi connectivity index (χ1) is 11.6. The van der Waals surface area contributed by atoms with Crippen LogP contribution in [-0.4, -0.2) is 61.0 Å². The van der Waals surface area contributed by atoms with Crippen LogP contribution in [0.15, 0.2) is 12.1 Å². The second kappa shape index (κ2) is 7.11. The van der Waals surface area contributed by atoms with E-state index in [4.69, 9.17) is 9.47 Å². The Bertz CT molecular complexity index is 636. The number of amides is 2. The van der Waals surface area contributed by atoms with E-state index in [-0.39, 0.29) is 11.8 Å². The average Bonchev–Trinajstić information content (AvgIpc) is 2.61. The number of carbonyl (C=O) groups excluding carboxylic acids is 2. The summed E-state index contributed by atoms with van der Waals surface area (Å²) in [5, 5.41) is 0. The van der Waals surface area contributed by atoms with Gasteiger partial charge in [-0.05, 0) is 30.2 Å². The van der Waals surface area contributed by atoms with Crippen molar-refractivity contribution in [1.29, 1.82) is 0 Å². The SMILES string of the molecule is CCC(=O)N1CCN(C(=O)Cc2cc3c(cc2C)OCCO3)CC1. The van der Waals surface area contributed by atoms with Gasteiger partial charge >= 0.3 is 0 Å². The van der Waals surface area contributed by atoms with Gasteiger partial charge in [0.15, 0.2) is 11.5 Å². The second-order valence-electron chi connectivity index (χ2n) is 6.21. The van der Waals surface area contributed by atoms with E-state index in [1.807, 2.05) is 35.8 Å². The van der Waals surface area contributed by atoms with Gasteiger partial charge in [0, 0.05) is 32.6 Å². The largest absolute Gasteiger partial charge is 0.486 e. The van der Waals surface area contributed by atoms with Crippen LogP contribution < -0.4 is 9.47 Å². The number of fused-ring (bicyclic) bond motifs is 1. The molecular weight excluding hydrogens is 308 g/mol. The Hall–Kier alpha value is -2.24. The van der Waals surface area contributed by atoms with Crippen molar-refractivity contribution in [1.82, 2.24) is 9.80 Å². The normalized spacial score (nSPS) is 16.9. The van der Waals surface area contributed by atoms with Crippen LogP contribution in [0.2, 0.25) is 0 Å². The molecule has 1 fully saturated rings. The van der Waals surface area contributed by atoms with Gasteiger partial charge < -0.3 is 19.3 Å². The number of aryl methyl sites for hydroxylation is 1. The van der Waals surface area contributed by atoms with Gasteiger partial charge in [-0.3, -0.25) is 9.59 Å². The number of hydrogen-bond donors (Lipinski definition) is 0. The quantitative estimate of drug-likeness (QED) is 0.839. The minimum atomic E-state index is 0.0957. The Labute approximate surface area is 142 Å². The van der Waals surface area contributed by atoms with Gasteiger partial charge in [-0.2, -0.15) is 0 Å². The van der Waals surface area contributed by atoms with Gasteiger partial charge in [-0.25, -0.2) is 0 Å². The molecule has 1 saturated heterocycles. The van der Waals surface area contributed by atoms with Gasteiger partial charge in [-0.15, -0.1) is 0 Å². The minimum absolute atomic E-state index is 0.0957. The van der Waals surface area contributed by atoms with E-state index in [1.54, 1.807) is 0 Å². The summed E-state index contributed by atoms with van der Waals surface area (Å²) in [6, 6.07) is 3.85. The molecule has 2 aliphatic rings. The number of carbonyl (C=O) groups is 2. The van der Waals surface area contributed by atoms with Crippen LogP contribution in [0.25, 0.3) is 0 Å². The molecule has 0 spiro atoms. The third-order valence-electron chi connectivity index (χ3n) is 4.63. The van der Waals surface area contributed by atoms with Gasteiger partial charge in [0.05, 0.1) is 6.42 Å². The summed E-state index contributed by atoms with van der Waals surface area (Å²) < 4.78 is 11.2. The first-order valence-corrected chi connectivity index (χ1v) is 8.53. The topological polar surface area (TPSA) is 59.1 Å². The maximum absolute atomic E-state index is 12.6. The summed E-state index contributed by atoms with van der Waals surface area (Å²) >= 11 is 0. The van der Waals surface area contributed by atoms with Crippen LogP contribution in [-0.2, 0) is 16.0 Å². The number of ether oxygens (including phenoxy) is 2. The molecule has 24 heavy (non-hydrogen) atoms. The second-order valence-corrected chi connectivity index (χ2v) is 6.21. The van der Waals surface area contributed by atoms with Crippen LogP contribution in [0.5, 0.6) is 11.5 Å². The van der Waals surface area contributed by atoms with Crippen molar-refractivity contribution >= 4 is 11.8 Å². The number of hydrogen-bond acceptors (Lipinski definition) is 4. The Morgan fingerprint density at radius 3 is 2.08 bits per heavy atom. The standard InChI is InChI=1S/C18H24N2O4/c1-3-17(21)19-4-6-20(7-5-19)18(22)12-14-11-16-15(10-13(14)2)23-8-9-24-16/h10-11H,3-9,12H2,1-2H3. The van der Waals surface area contributed by atoms with Crippen molar-refractivity contribution in [2.24, 2.45) is 0 Å². The zero-order valence-corrected chi connectivity index (χ0v) is 14.3. The Kier molecular flexibility index (Phi) is 4.92.